The first kappa shape index (κ1) is 8.97. The zero-order chi connectivity index (χ0) is 9.80. The van der Waals surface area contributed by atoms with E-state index in [-0.39, 0.29) is 6.61 Å². The normalized spacial score (nSPS) is 10.4. The molecule has 1 aromatic heterocycles. The van der Waals surface area contributed by atoms with Crippen LogP contribution in [0.3, 0.4) is 0 Å². The van der Waals surface area contributed by atoms with Gasteiger partial charge in [-0.2, -0.15) is 5.10 Å². The van der Waals surface area contributed by atoms with Crippen LogP contribution in [-0.2, 0) is 13.2 Å². The van der Waals surface area contributed by atoms with Gasteiger partial charge in [0.15, 0.2) is 0 Å². The van der Waals surface area contributed by atoms with Gasteiger partial charge in [0.25, 0.3) is 0 Å². The third kappa shape index (κ3) is 2.00. The van der Waals surface area contributed by atoms with E-state index in [4.69, 9.17) is 5.11 Å². The number of benzene rings is 1. The maximum atomic E-state index is 8.97. The van der Waals surface area contributed by atoms with Crippen molar-refractivity contribution in [1.82, 2.24) is 9.78 Å². The van der Waals surface area contributed by atoms with Crippen LogP contribution < -0.4 is 0 Å². The molecule has 2 aromatic rings. The molecule has 0 amide bonds. The van der Waals surface area contributed by atoms with E-state index in [2.05, 4.69) is 5.10 Å². The molecule has 3 nitrogen and oxygen atoms in total. The minimum atomic E-state index is 0.0902. The Morgan fingerprint density at radius 1 is 1.21 bits per heavy atom. The summed E-state index contributed by atoms with van der Waals surface area (Å²) in [6.07, 6.45) is 3.68. The summed E-state index contributed by atoms with van der Waals surface area (Å²) in [7, 11) is 0. The molecule has 14 heavy (non-hydrogen) atoms. The van der Waals surface area contributed by atoms with E-state index in [1.54, 1.807) is 6.20 Å². The zero-order valence-electron chi connectivity index (χ0n) is 7.80. The second kappa shape index (κ2) is 4.07. The van der Waals surface area contributed by atoms with Crippen LogP contribution in [0.4, 0.5) is 0 Å². The molecule has 1 heterocycles. The number of rotatable bonds is 3. The first-order valence-electron chi connectivity index (χ1n) is 4.54. The molecular formula is C11H12N2O. The predicted molar refractivity (Wildman–Crippen MR) is 53.7 cm³/mol. The van der Waals surface area contributed by atoms with Crippen molar-refractivity contribution in [3.63, 3.8) is 0 Å². The Kier molecular flexibility index (Phi) is 2.60. The van der Waals surface area contributed by atoms with Gasteiger partial charge in [-0.05, 0) is 17.2 Å². The van der Waals surface area contributed by atoms with E-state index >= 15 is 0 Å². The molecule has 0 aliphatic rings. The zero-order valence-corrected chi connectivity index (χ0v) is 7.80. The summed E-state index contributed by atoms with van der Waals surface area (Å²) in [6, 6.07) is 9.77. The molecule has 0 unspecified atom stereocenters. The molecule has 0 aliphatic carbocycles. The van der Waals surface area contributed by atoms with Crippen LogP contribution in [0.15, 0.2) is 42.7 Å². The number of aliphatic hydroxyl groups excluding tert-OH is 1. The van der Waals surface area contributed by atoms with Crippen molar-refractivity contribution in [3.05, 3.63) is 53.9 Å². The molecule has 0 atom stereocenters. The van der Waals surface area contributed by atoms with Crippen LogP contribution in [0.5, 0.6) is 0 Å². The van der Waals surface area contributed by atoms with Gasteiger partial charge in [0.1, 0.15) is 0 Å². The Bertz CT molecular complexity index is 395. The topological polar surface area (TPSA) is 38.0 Å². The van der Waals surface area contributed by atoms with Crippen molar-refractivity contribution in [2.24, 2.45) is 0 Å². The van der Waals surface area contributed by atoms with Gasteiger partial charge in [0.05, 0.1) is 13.2 Å². The van der Waals surface area contributed by atoms with Gasteiger partial charge < -0.3 is 5.11 Å². The molecule has 1 N–H and O–H groups in total. The summed E-state index contributed by atoms with van der Waals surface area (Å²) >= 11 is 0. The van der Waals surface area contributed by atoms with Gasteiger partial charge in [0.2, 0.25) is 0 Å². The van der Waals surface area contributed by atoms with Gasteiger partial charge in [-0.3, -0.25) is 4.68 Å². The van der Waals surface area contributed by atoms with E-state index in [1.165, 1.54) is 0 Å². The third-order valence-corrected chi connectivity index (χ3v) is 2.08. The van der Waals surface area contributed by atoms with E-state index < -0.39 is 0 Å². The van der Waals surface area contributed by atoms with Gasteiger partial charge in [-0.15, -0.1) is 0 Å². The molecular weight excluding hydrogens is 176 g/mol. The highest BCUT2D eigenvalue weighted by molar-refractivity contribution is 5.22. The lowest BCUT2D eigenvalue weighted by molar-refractivity contribution is 0.281. The molecule has 72 valence electrons. The molecule has 0 fully saturated rings. The third-order valence-electron chi connectivity index (χ3n) is 2.08. The SMILES string of the molecule is OCc1cccc(Cn2cccn2)c1. The molecule has 0 bridgehead atoms. The second-order valence-corrected chi connectivity index (χ2v) is 3.18. The van der Waals surface area contributed by atoms with Crippen LogP contribution >= 0.6 is 0 Å². The molecule has 2 rings (SSSR count). The molecule has 3 heteroatoms. The first-order chi connectivity index (χ1) is 6.88. The molecule has 0 radical (unpaired) electrons. The van der Waals surface area contributed by atoms with Crippen molar-refractivity contribution in [3.8, 4) is 0 Å². The van der Waals surface area contributed by atoms with Gasteiger partial charge in [-0.25, -0.2) is 0 Å². The van der Waals surface area contributed by atoms with Gasteiger partial charge in [-0.1, -0.05) is 24.3 Å². The molecule has 0 saturated carbocycles. The van der Waals surface area contributed by atoms with Crippen molar-refractivity contribution in [2.45, 2.75) is 13.2 Å². The summed E-state index contributed by atoms with van der Waals surface area (Å²) in [5, 5.41) is 13.1. The van der Waals surface area contributed by atoms with Crippen LogP contribution in [0.1, 0.15) is 11.1 Å². The van der Waals surface area contributed by atoms with E-state index in [1.807, 2.05) is 41.2 Å². The number of aliphatic hydroxyl groups is 1. The Morgan fingerprint density at radius 3 is 2.79 bits per heavy atom. The maximum Gasteiger partial charge on any atom is 0.0681 e. The molecule has 0 spiro atoms. The summed E-state index contributed by atoms with van der Waals surface area (Å²) in [5.74, 6) is 0. The minimum absolute atomic E-state index is 0.0902. The highest BCUT2D eigenvalue weighted by Gasteiger charge is 1.96. The average Bonchev–Trinajstić information content (AvgIpc) is 2.71. The summed E-state index contributed by atoms with van der Waals surface area (Å²) in [5.41, 5.74) is 2.09. The molecule has 0 saturated heterocycles. The fraction of sp³-hybridized carbons (Fsp3) is 0.182. The fourth-order valence-corrected chi connectivity index (χ4v) is 1.41. The molecule has 1 aromatic carbocycles. The van der Waals surface area contributed by atoms with Crippen molar-refractivity contribution >= 4 is 0 Å². The first-order valence-corrected chi connectivity index (χ1v) is 4.54. The van der Waals surface area contributed by atoms with Crippen LogP contribution in [0, 0.1) is 0 Å². The lowest BCUT2D eigenvalue weighted by Crippen LogP contribution is -2.00. The minimum Gasteiger partial charge on any atom is -0.392 e. The number of nitrogens with zero attached hydrogens (tertiary/aromatic N) is 2. The standard InChI is InChI=1S/C11H12N2O/c14-9-11-4-1-3-10(7-11)8-13-6-2-5-12-13/h1-7,14H,8-9H2. The van der Waals surface area contributed by atoms with Crippen LogP contribution in [-0.4, -0.2) is 14.9 Å². The van der Waals surface area contributed by atoms with E-state index in [0.29, 0.717) is 0 Å². The summed E-state index contributed by atoms with van der Waals surface area (Å²) < 4.78 is 1.86. The van der Waals surface area contributed by atoms with Gasteiger partial charge >= 0.3 is 0 Å². The van der Waals surface area contributed by atoms with Crippen molar-refractivity contribution in [1.29, 1.82) is 0 Å². The average molecular weight is 188 g/mol. The van der Waals surface area contributed by atoms with Gasteiger partial charge in [0, 0.05) is 12.4 Å². The van der Waals surface area contributed by atoms with Crippen LogP contribution in [0.25, 0.3) is 0 Å². The number of aromatic nitrogens is 2. The number of hydrogen-bond donors (Lipinski definition) is 1. The second-order valence-electron chi connectivity index (χ2n) is 3.18. The Morgan fingerprint density at radius 2 is 2.07 bits per heavy atom. The predicted octanol–water partition coefficient (Wildman–Crippen LogP) is 1.42. The Labute approximate surface area is 82.6 Å². The lowest BCUT2D eigenvalue weighted by Gasteiger charge is -2.03. The quantitative estimate of drug-likeness (QED) is 0.791. The Hall–Kier alpha value is -1.61. The van der Waals surface area contributed by atoms with Crippen molar-refractivity contribution < 1.29 is 5.11 Å². The fourth-order valence-electron chi connectivity index (χ4n) is 1.41. The smallest absolute Gasteiger partial charge is 0.0681 e. The van der Waals surface area contributed by atoms with E-state index in [0.717, 1.165) is 17.7 Å². The highest BCUT2D eigenvalue weighted by Crippen LogP contribution is 2.06. The lowest BCUT2D eigenvalue weighted by atomic mass is 10.1. The van der Waals surface area contributed by atoms with Crippen LogP contribution in [0.2, 0.25) is 0 Å². The molecule has 0 aliphatic heterocycles. The monoisotopic (exact) mass is 188 g/mol. The number of hydrogen-bond acceptors (Lipinski definition) is 2. The highest BCUT2D eigenvalue weighted by atomic mass is 16.3. The maximum absolute atomic E-state index is 8.97. The largest absolute Gasteiger partial charge is 0.392 e. The Balaban J connectivity index is 2.17. The van der Waals surface area contributed by atoms with E-state index in [9.17, 15) is 0 Å². The summed E-state index contributed by atoms with van der Waals surface area (Å²) in [4.78, 5) is 0. The summed E-state index contributed by atoms with van der Waals surface area (Å²) in [6.45, 7) is 0.841. The van der Waals surface area contributed by atoms with Crippen molar-refractivity contribution in [2.75, 3.05) is 0 Å².